The van der Waals surface area contributed by atoms with Gasteiger partial charge < -0.3 is 5.11 Å². The summed E-state index contributed by atoms with van der Waals surface area (Å²) in [5.74, 6) is 0. The molecule has 0 aliphatic heterocycles. The quantitative estimate of drug-likeness (QED) is 0.369. The molecule has 0 amide bonds. The summed E-state index contributed by atoms with van der Waals surface area (Å²) in [6.07, 6.45) is 0. The van der Waals surface area contributed by atoms with Crippen molar-refractivity contribution < 1.29 is 38.6 Å². The lowest BCUT2D eigenvalue weighted by Crippen LogP contribution is -4.24. The first-order chi connectivity index (χ1) is 3.06. The van der Waals surface area contributed by atoms with E-state index in [0.29, 0.717) is 0 Å². The summed E-state index contributed by atoms with van der Waals surface area (Å²) < 4.78 is 31.5. The summed E-state index contributed by atoms with van der Waals surface area (Å²) >= 11 is -5.51. The number of hydrogen-bond acceptors (Lipinski definition) is 5. The standard InChI is InChI=1S/CH3IO5/c3-1-7-2(4,5)6/h3H,1H2. The lowest BCUT2D eigenvalue weighted by atomic mass is 11.6. The molecule has 0 heterocycles. The van der Waals surface area contributed by atoms with Gasteiger partial charge in [-0.05, 0) is 0 Å². The van der Waals surface area contributed by atoms with Crippen molar-refractivity contribution in [1.29, 1.82) is 0 Å². The van der Waals surface area contributed by atoms with Crippen LogP contribution < -0.4 is 30.4 Å². The molecule has 5 nitrogen and oxygen atoms in total. The zero-order chi connectivity index (χ0) is 5.91. The fourth-order valence-corrected chi connectivity index (χ4v) is 0.401. The second-order valence-electron chi connectivity index (χ2n) is 0.616. The van der Waals surface area contributed by atoms with Crippen molar-refractivity contribution in [2.24, 2.45) is 0 Å². The normalized spacial score (nSPS) is 12.0. The van der Waals surface area contributed by atoms with Crippen LogP contribution >= 0.6 is 0 Å². The highest BCUT2D eigenvalue weighted by Crippen LogP contribution is 1.34. The first-order valence-electron chi connectivity index (χ1n) is 1.22. The molecule has 0 bridgehead atoms. The second kappa shape index (κ2) is 2.74. The van der Waals surface area contributed by atoms with Gasteiger partial charge in [0.05, 0.1) is 3.07 Å². The first kappa shape index (κ1) is 7.53. The van der Waals surface area contributed by atoms with Crippen molar-refractivity contribution in [3.63, 3.8) is 0 Å². The van der Waals surface area contributed by atoms with Crippen molar-refractivity contribution in [2.45, 2.75) is 0 Å². The Morgan fingerprint density at radius 2 is 1.86 bits per heavy atom. The molecule has 0 aromatic rings. The lowest BCUT2D eigenvalue weighted by Gasteiger charge is -2.01. The van der Waals surface area contributed by atoms with Gasteiger partial charge >= 0.3 is 20.1 Å². The molecule has 44 valence electrons. The van der Waals surface area contributed by atoms with Gasteiger partial charge in [-0.25, -0.2) is 0 Å². The summed E-state index contributed by atoms with van der Waals surface area (Å²) in [6.45, 7) is -1.05. The Morgan fingerprint density at radius 3 is 1.86 bits per heavy atom. The Labute approximate surface area is 45.9 Å². The van der Waals surface area contributed by atoms with Crippen LogP contribution in [0.4, 0.5) is 0 Å². The van der Waals surface area contributed by atoms with Gasteiger partial charge in [0.25, 0.3) is 6.79 Å². The Morgan fingerprint density at radius 1 is 1.43 bits per heavy atom. The van der Waals surface area contributed by atoms with E-state index in [-0.39, 0.29) is 0 Å². The van der Waals surface area contributed by atoms with Crippen LogP contribution in [0.25, 0.3) is 0 Å². The first-order valence-corrected chi connectivity index (χ1v) is 4.75. The molecular weight excluding hydrogens is 219 g/mol. The molecule has 0 radical (unpaired) electrons. The Balaban J connectivity index is 3.15. The summed E-state index contributed by atoms with van der Waals surface area (Å²) in [4.78, 5) is 0. The predicted octanol–water partition coefficient (Wildman–Crippen LogP) is -7.15. The Kier molecular flexibility index (Phi) is 2.95. The number of halogens is 1. The summed E-state index contributed by atoms with van der Waals surface area (Å²) in [6, 6.07) is 0. The highest BCUT2D eigenvalue weighted by atomic mass is 127. The fourth-order valence-electron chi connectivity index (χ4n) is 0.0598. The molecule has 7 heavy (non-hydrogen) atoms. The van der Waals surface area contributed by atoms with E-state index in [0.717, 1.165) is 0 Å². The van der Waals surface area contributed by atoms with E-state index in [9.17, 15) is 10.3 Å². The molecule has 0 aliphatic rings. The van der Waals surface area contributed by atoms with Crippen LogP contribution in [0.15, 0.2) is 0 Å². The minimum absolute atomic E-state index is 1.05. The van der Waals surface area contributed by atoms with Crippen LogP contribution in [0.1, 0.15) is 0 Å². The van der Waals surface area contributed by atoms with Crippen LogP contribution in [0, 0.1) is 0 Å². The minimum atomic E-state index is -5.51. The highest BCUT2D eigenvalue weighted by molar-refractivity contribution is 3.58. The largest absolute Gasteiger partial charge is 0.376 e. The van der Waals surface area contributed by atoms with Crippen LogP contribution in [0.3, 0.4) is 0 Å². The lowest BCUT2D eigenvalue weighted by molar-refractivity contribution is -1.92. The summed E-state index contributed by atoms with van der Waals surface area (Å²) in [5.41, 5.74) is 0. The SMILES string of the molecule is [O-][I+3]([O-])([O-])OCO. The topological polar surface area (TPSA) is 98.6 Å². The van der Waals surface area contributed by atoms with Crippen LogP contribution in [0.5, 0.6) is 0 Å². The summed E-state index contributed by atoms with van der Waals surface area (Å²) in [5, 5.41) is 7.62. The molecule has 1 N–H and O–H groups in total. The molecule has 0 aliphatic carbocycles. The molecule has 0 rings (SSSR count). The third kappa shape index (κ3) is 6.53. The molecule has 0 aromatic carbocycles. The smallest absolute Gasteiger partial charge is 0.361 e. The monoisotopic (exact) mass is 222 g/mol. The van der Waals surface area contributed by atoms with Crippen molar-refractivity contribution in [1.82, 2.24) is 0 Å². The van der Waals surface area contributed by atoms with Crippen molar-refractivity contribution >= 4 is 0 Å². The van der Waals surface area contributed by atoms with Gasteiger partial charge in [0, 0.05) is 0 Å². The molecule has 0 saturated heterocycles. The van der Waals surface area contributed by atoms with Gasteiger partial charge in [-0.2, -0.15) is 0 Å². The van der Waals surface area contributed by atoms with Crippen molar-refractivity contribution in [3.05, 3.63) is 0 Å². The van der Waals surface area contributed by atoms with Crippen LogP contribution in [0.2, 0.25) is 0 Å². The second-order valence-corrected chi connectivity index (χ2v) is 3.40. The average molecular weight is 222 g/mol. The van der Waals surface area contributed by atoms with E-state index in [4.69, 9.17) is 5.11 Å². The van der Waals surface area contributed by atoms with E-state index >= 15 is 0 Å². The maximum atomic E-state index is 9.39. The average Bonchev–Trinajstić information content (AvgIpc) is 1.30. The van der Waals surface area contributed by atoms with Gasteiger partial charge in [0.2, 0.25) is 0 Å². The van der Waals surface area contributed by atoms with Gasteiger partial charge in [-0.3, -0.25) is 10.3 Å². The number of hydrogen-bond donors (Lipinski definition) is 1. The Bertz CT molecular complexity index is 46.5. The van der Waals surface area contributed by atoms with E-state index < -0.39 is 26.9 Å². The molecule has 0 unspecified atom stereocenters. The maximum absolute atomic E-state index is 9.39. The van der Waals surface area contributed by atoms with Gasteiger partial charge in [-0.1, -0.05) is 0 Å². The highest BCUT2D eigenvalue weighted by Gasteiger charge is 2.23. The van der Waals surface area contributed by atoms with Gasteiger partial charge in [0.1, 0.15) is 0 Å². The summed E-state index contributed by atoms with van der Waals surface area (Å²) in [7, 11) is 0. The molecule has 6 heteroatoms. The molecule has 0 saturated carbocycles. The van der Waals surface area contributed by atoms with Gasteiger partial charge in [0.15, 0.2) is 0 Å². The van der Waals surface area contributed by atoms with Crippen molar-refractivity contribution in [3.8, 4) is 0 Å². The van der Waals surface area contributed by atoms with E-state index in [1.807, 2.05) is 0 Å². The third-order valence-electron chi connectivity index (χ3n) is 0.182. The van der Waals surface area contributed by atoms with Crippen molar-refractivity contribution in [2.75, 3.05) is 6.79 Å². The molecule has 0 fully saturated rings. The number of aliphatic hydroxyl groups excluding tert-OH is 1. The van der Waals surface area contributed by atoms with E-state index in [2.05, 4.69) is 3.07 Å². The zero-order valence-electron chi connectivity index (χ0n) is 3.17. The zero-order valence-corrected chi connectivity index (χ0v) is 5.32. The molecule has 0 spiro atoms. The van der Waals surface area contributed by atoms with Crippen LogP contribution in [-0.2, 0) is 3.07 Å². The fraction of sp³-hybridized carbons (Fsp3) is 1.00. The minimum Gasteiger partial charge on any atom is -0.361 e. The maximum Gasteiger partial charge on any atom is 0.376 e. The van der Waals surface area contributed by atoms with E-state index in [1.165, 1.54) is 0 Å². The molecule has 0 aromatic heterocycles. The third-order valence-corrected chi connectivity index (χ3v) is 1.22. The number of rotatable bonds is 2. The predicted molar refractivity (Wildman–Crippen MR) is 8.17 cm³/mol. The van der Waals surface area contributed by atoms with Crippen LogP contribution in [-0.4, -0.2) is 11.9 Å². The molecular formula is CH3IO5. The Hall–Kier alpha value is 0.530. The number of aliphatic hydroxyl groups is 1. The molecule has 0 atom stereocenters. The van der Waals surface area contributed by atoms with Gasteiger partial charge in [-0.15, -0.1) is 0 Å². The van der Waals surface area contributed by atoms with E-state index in [1.54, 1.807) is 0 Å².